The number of carbonyl (C=O) groups excluding carboxylic acids is 1. The molecule has 0 bridgehead atoms. The van der Waals surface area contributed by atoms with Crippen LogP contribution in [-0.4, -0.2) is 17.1 Å². The van der Waals surface area contributed by atoms with Crippen LogP contribution in [-0.2, 0) is 0 Å². The van der Waals surface area contributed by atoms with Crippen molar-refractivity contribution in [1.29, 1.82) is 0 Å². The number of hydrogen-bond donors (Lipinski definition) is 1. The van der Waals surface area contributed by atoms with Gasteiger partial charge in [-0.2, -0.15) is 0 Å². The Morgan fingerprint density at radius 2 is 1.50 bits per heavy atom. The summed E-state index contributed by atoms with van der Waals surface area (Å²) in [6.45, 7) is 1.56. The molecule has 0 spiro atoms. The maximum atomic E-state index is 13.1. The maximum absolute atomic E-state index is 13.1. The summed E-state index contributed by atoms with van der Waals surface area (Å²) in [6, 6.07) is 19.5. The van der Waals surface area contributed by atoms with Gasteiger partial charge in [-0.15, -0.1) is 0 Å². The Bertz CT molecular complexity index is 1480. The largest absolute Gasteiger partial charge is 0.506 e. The van der Waals surface area contributed by atoms with Crippen molar-refractivity contribution in [2.45, 2.75) is 6.92 Å². The molecule has 1 N–H and O–H groups in total. The van der Waals surface area contributed by atoms with E-state index in [0.29, 0.717) is 16.9 Å². The molecular formula is C25H17NO6. The van der Waals surface area contributed by atoms with Crippen molar-refractivity contribution in [3.8, 4) is 0 Å². The van der Waals surface area contributed by atoms with Crippen molar-refractivity contribution >= 4 is 34.4 Å². The van der Waals surface area contributed by atoms with Crippen LogP contribution >= 0.6 is 0 Å². The van der Waals surface area contributed by atoms with E-state index in [2.05, 4.69) is 4.99 Å². The maximum Gasteiger partial charge on any atom is 0.362 e. The highest BCUT2D eigenvalue weighted by molar-refractivity contribution is 6.25. The molecular weight excluding hydrogens is 410 g/mol. The van der Waals surface area contributed by atoms with Gasteiger partial charge in [0.25, 0.3) is 0 Å². The van der Waals surface area contributed by atoms with Crippen molar-refractivity contribution in [1.82, 2.24) is 0 Å². The topological polar surface area (TPSA) is 110 Å². The molecule has 0 radical (unpaired) electrons. The van der Waals surface area contributed by atoms with Crippen LogP contribution in [0, 0.1) is 6.92 Å². The lowest BCUT2D eigenvalue weighted by molar-refractivity contribution is 0.104. The molecule has 0 unspecified atom stereocenters. The zero-order valence-electron chi connectivity index (χ0n) is 16.9. The van der Waals surface area contributed by atoms with Gasteiger partial charge in [-0.1, -0.05) is 60.7 Å². The minimum atomic E-state index is -0.801. The number of Topliss-reactive ketones (excluding diaryl/α,β-unsaturated/α-hetero) is 1. The van der Waals surface area contributed by atoms with Gasteiger partial charge in [0, 0.05) is 23.4 Å². The number of aliphatic hydroxyl groups is 1. The van der Waals surface area contributed by atoms with Crippen LogP contribution < -0.4 is 11.3 Å². The third-order valence-electron chi connectivity index (χ3n) is 4.68. The van der Waals surface area contributed by atoms with Gasteiger partial charge < -0.3 is 13.9 Å². The highest BCUT2D eigenvalue weighted by atomic mass is 16.4. The molecule has 0 aliphatic heterocycles. The van der Waals surface area contributed by atoms with Crippen LogP contribution in [0.5, 0.6) is 0 Å². The van der Waals surface area contributed by atoms with Crippen molar-refractivity contribution in [2.75, 3.05) is 0 Å². The average molecular weight is 427 g/mol. The van der Waals surface area contributed by atoms with E-state index in [-0.39, 0.29) is 28.0 Å². The number of carbonyl (C=O) groups is 1. The first-order chi connectivity index (χ1) is 15.4. The Labute approximate surface area is 181 Å². The first kappa shape index (κ1) is 20.7. The van der Waals surface area contributed by atoms with E-state index in [0.717, 1.165) is 6.21 Å². The highest BCUT2D eigenvalue weighted by Gasteiger charge is 2.17. The quantitative estimate of drug-likeness (QED) is 0.216. The number of nitrogens with zero attached hydrogens (tertiary/aromatic N) is 1. The Kier molecular flexibility index (Phi) is 5.63. The number of hydrogen-bond acceptors (Lipinski definition) is 7. The van der Waals surface area contributed by atoms with Gasteiger partial charge in [0.1, 0.15) is 28.2 Å². The number of aliphatic imine (C=N–C) groups is 1. The van der Waals surface area contributed by atoms with E-state index in [1.807, 2.05) is 0 Å². The summed E-state index contributed by atoms with van der Waals surface area (Å²) in [5.74, 6) is -0.493. The summed E-state index contributed by atoms with van der Waals surface area (Å²) in [4.78, 5) is 41.6. The first-order valence-corrected chi connectivity index (χ1v) is 9.65. The Balaban J connectivity index is 1.85. The van der Waals surface area contributed by atoms with Crippen LogP contribution in [0.4, 0.5) is 5.69 Å². The first-order valence-electron chi connectivity index (χ1n) is 9.65. The lowest BCUT2D eigenvalue weighted by Gasteiger charge is -2.07. The average Bonchev–Trinajstić information content (AvgIpc) is 2.80. The second-order valence-electron chi connectivity index (χ2n) is 6.92. The van der Waals surface area contributed by atoms with E-state index >= 15 is 0 Å². The van der Waals surface area contributed by atoms with Crippen molar-refractivity contribution in [3.05, 3.63) is 116 Å². The van der Waals surface area contributed by atoms with E-state index in [1.54, 1.807) is 67.6 Å². The van der Waals surface area contributed by atoms with Gasteiger partial charge in [-0.05, 0) is 13.0 Å². The number of allylic oxidation sites excluding steroid dienone is 1. The minimum absolute atomic E-state index is 0.0366. The molecule has 0 aliphatic rings. The molecule has 7 nitrogen and oxygen atoms in total. The fourth-order valence-electron chi connectivity index (χ4n) is 3.10. The molecule has 0 fully saturated rings. The highest BCUT2D eigenvalue weighted by Crippen LogP contribution is 2.20. The summed E-state index contributed by atoms with van der Waals surface area (Å²) in [6.07, 6.45) is 1.09. The van der Waals surface area contributed by atoms with E-state index in [1.165, 1.54) is 12.1 Å². The summed E-state index contributed by atoms with van der Waals surface area (Å²) < 4.78 is 10.2. The lowest BCUT2D eigenvalue weighted by atomic mass is 10.00. The normalized spacial score (nSPS) is 12.2. The molecule has 158 valence electrons. The molecule has 2 aromatic heterocycles. The predicted octanol–water partition coefficient (Wildman–Crippen LogP) is 4.61. The molecule has 2 heterocycles. The molecule has 4 aromatic rings. The van der Waals surface area contributed by atoms with Crippen molar-refractivity contribution < 1.29 is 18.7 Å². The van der Waals surface area contributed by atoms with Gasteiger partial charge in [0.15, 0.2) is 5.78 Å². The van der Waals surface area contributed by atoms with Crippen LogP contribution in [0.25, 0.3) is 16.7 Å². The third-order valence-corrected chi connectivity index (χ3v) is 4.68. The summed E-state index contributed by atoms with van der Waals surface area (Å²) in [7, 11) is 0. The fourth-order valence-corrected chi connectivity index (χ4v) is 3.10. The van der Waals surface area contributed by atoms with Crippen LogP contribution in [0.2, 0.25) is 0 Å². The van der Waals surface area contributed by atoms with Gasteiger partial charge in [-0.3, -0.25) is 4.79 Å². The lowest BCUT2D eigenvalue weighted by Crippen LogP contribution is -2.09. The summed E-state index contributed by atoms with van der Waals surface area (Å²) >= 11 is 0. The van der Waals surface area contributed by atoms with E-state index in [9.17, 15) is 19.5 Å². The van der Waals surface area contributed by atoms with Crippen LogP contribution in [0.3, 0.4) is 0 Å². The second-order valence-corrected chi connectivity index (χ2v) is 6.92. The van der Waals surface area contributed by atoms with Crippen LogP contribution in [0.1, 0.15) is 21.7 Å². The molecule has 0 saturated heterocycles. The third kappa shape index (κ3) is 4.17. The zero-order valence-corrected chi connectivity index (χ0v) is 16.9. The molecule has 0 amide bonds. The number of benzene rings is 2. The monoisotopic (exact) mass is 427 g/mol. The van der Waals surface area contributed by atoms with E-state index in [4.69, 9.17) is 8.83 Å². The Morgan fingerprint density at radius 1 is 0.875 bits per heavy atom. The minimum Gasteiger partial charge on any atom is -0.506 e. The zero-order chi connectivity index (χ0) is 22.7. The summed E-state index contributed by atoms with van der Waals surface area (Å²) in [5.41, 5.74) is -1.01. The van der Waals surface area contributed by atoms with Gasteiger partial charge in [0.2, 0.25) is 0 Å². The molecule has 7 heteroatoms. The van der Waals surface area contributed by atoms with E-state index < -0.39 is 17.0 Å². The molecule has 2 aromatic carbocycles. The number of ketones is 1. The second kappa shape index (κ2) is 8.69. The van der Waals surface area contributed by atoms with Gasteiger partial charge >= 0.3 is 11.3 Å². The molecule has 32 heavy (non-hydrogen) atoms. The molecule has 0 saturated carbocycles. The Morgan fingerprint density at radius 3 is 2.16 bits per heavy atom. The molecule has 4 rings (SSSR count). The predicted molar refractivity (Wildman–Crippen MR) is 121 cm³/mol. The number of rotatable bonds is 5. The summed E-state index contributed by atoms with van der Waals surface area (Å²) in [5, 5.41) is 10.8. The van der Waals surface area contributed by atoms with Crippen molar-refractivity contribution in [2.24, 2.45) is 4.99 Å². The number of aryl methyl sites for hydroxylation is 1. The Hall–Kier alpha value is -4.52. The van der Waals surface area contributed by atoms with Crippen LogP contribution in [0.15, 0.2) is 102 Å². The standard InChI is InChI=1S/C25H17NO6/c1-15-12-21-18(24(29)31-15)13-20(25(30)32-21)26-14-19(22(27)16-8-4-2-5-9-16)23(28)17-10-6-3-7-11-17/h2-14,27H,1H3/b22-19+,26-14?. The van der Waals surface area contributed by atoms with Gasteiger partial charge in [0.05, 0.1) is 5.57 Å². The number of fused-ring (bicyclic) bond motifs is 1. The fraction of sp³-hybridized carbons (Fsp3) is 0.0400. The molecule has 0 atom stereocenters. The van der Waals surface area contributed by atoms with Crippen molar-refractivity contribution in [3.63, 3.8) is 0 Å². The number of aliphatic hydroxyl groups excluding tert-OH is 1. The smallest absolute Gasteiger partial charge is 0.362 e. The SMILES string of the molecule is Cc1cc2oc(=O)c(N=C/C(C(=O)c3ccccc3)=C(\O)c3ccccc3)cc2c(=O)o1. The molecule has 0 aliphatic carbocycles. The van der Waals surface area contributed by atoms with Gasteiger partial charge in [-0.25, -0.2) is 14.6 Å².